The highest BCUT2D eigenvalue weighted by Crippen LogP contribution is 2.38. The highest BCUT2D eigenvalue weighted by Gasteiger charge is 2.43. The number of amides is 4. The van der Waals surface area contributed by atoms with Crippen LogP contribution in [0.4, 0.5) is 27.5 Å². The molecule has 6 heterocycles. The second-order valence-corrected chi connectivity index (χ2v) is 18.3. The lowest BCUT2D eigenvalue weighted by Crippen LogP contribution is -2.59. The van der Waals surface area contributed by atoms with E-state index in [0.717, 1.165) is 62.8 Å². The lowest BCUT2D eigenvalue weighted by molar-refractivity contribution is -0.137. The van der Waals surface area contributed by atoms with Crippen LogP contribution in [0.25, 0.3) is 10.9 Å². The van der Waals surface area contributed by atoms with Crippen LogP contribution in [-0.2, 0) is 25.7 Å². The van der Waals surface area contributed by atoms with E-state index in [4.69, 9.17) is 26.1 Å². The molecule has 5 aliphatic rings. The zero-order valence-corrected chi connectivity index (χ0v) is 37.7. The summed E-state index contributed by atoms with van der Waals surface area (Å²) < 4.78 is 30.0. The molecule has 4 amide bonds. The summed E-state index contributed by atoms with van der Waals surface area (Å²) in [6, 6.07) is 10.1. The Balaban J connectivity index is 0.756. The number of ether oxygens (including phenoxy) is 2. The van der Waals surface area contributed by atoms with Crippen LogP contribution in [-0.4, -0.2) is 125 Å². The molecule has 2 aromatic carbocycles. The van der Waals surface area contributed by atoms with Gasteiger partial charge in [-0.3, -0.25) is 34.2 Å². The number of benzene rings is 2. The Kier molecular flexibility index (Phi) is 12.4. The molecule has 3 saturated heterocycles. The predicted octanol–water partition coefficient (Wildman–Crippen LogP) is 4.52. The molecule has 1 aliphatic carbocycles. The van der Waals surface area contributed by atoms with Gasteiger partial charge in [0.05, 0.1) is 36.2 Å². The van der Waals surface area contributed by atoms with Gasteiger partial charge in [-0.05, 0) is 89.3 Å². The van der Waals surface area contributed by atoms with E-state index in [0.29, 0.717) is 46.3 Å². The minimum absolute atomic E-state index is 0.00571. The molecular weight excluding hydrogens is 859 g/mol. The second-order valence-electron chi connectivity index (χ2n) is 17.9. The molecule has 9 rings (SSSR count). The Labute approximate surface area is 380 Å². The maximum Gasteiger partial charge on any atom is 0.293 e. The molecule has 4 fully saturated rings. The number of imide groups is 1. The molecule has 0 radical (unpaired) electrons. The minimum atomic E-state index is -0.788. The maximum atomic E-state index is 16.1. The first-order valence-corrected chi connectivity index (χ1v) is 22.8. The Morgan fingerprint density at radius 2 is 1.78 bits per heavy atom. The zero-order valence-electron chi connectivity index (χ0n) is 36.9. The van der Waals surface area contributed by atoms with E-state index >= 15 is 4.39 Å². The number of nitrogens with zero attached hydrogens (tertiary/aromatic N) is 7. The fourth-order valence-corrected chi connectivity index (χ4v) is 10.0. The summed E-state index contributed by atoms with van der Waals surface area (Å²) in [5.74, 6) is -0.913. The first-order chi connectivity index (χ1) is 31.3. The number of fused-ring (bicyclic) bond motifs is 2. The van der Waals surface area contributed by atoms with Gasteiger partial charge in [0.1, 0.15) is 11.1 Å². The number of hydrogen-bond donors (Lipinski definition) is 3. The zero-order chi connectivity index (χ0) is 45.7. The van der Waals surface area contributed by atoms with Crippen LogP contribution in [0.3, 0.4) is 0 Å². The van der Waals surface area contributed by atoms with Crippen molar-refractivity contribution in [1.29, 1.82) is 0 Å². The molecule has 2 aromatic heterocycles. The van der Waals surface area contributed by atoms with Crippen molar-refractivity contribution < 1.29 is 33.0 Å². The summed E-state index contributed by atoms with van der Waals surface area (Å²) in [7, 11) is 1.51. The van der Waals surface area contributed by atoms with Crippen molar-refractivity contribution in [3.63, 3.8) is 0 Å². The van der Waals surface area contributed by atoms with Crippen LogP contribution in [0.15, 0.2) is 47.4 Å². The average molecular weight is 913 g/mol. The number of piperidine rings is 2. The van der Waals surface area contributed by atoms with Crippen LogP contribution in [0.1, 0.15) is 81.3 Å². The monoisotopic (exact) mass is 912 g/mol. The molecule has 4 aliphatic heterocycles. The molecule has 19 heteroatoms. The Morgan fingerprint density at radius 3 is 2.51 bits per heavy atom. The number of likely N-dealkylation sites (N-methyl/N-ethyl adjacent to an activating group) is 1. The number of piperazine rings is 1. The van der Waals surface area contributed by atoms with Gasteiger partial charge in [0, 0.05) is 86.5 Å². The van der Waals surface area contributed by atoms with Gasteiger partial charge in [0.25, 0.3) is 17.4 Å². The van der Waals surface area contributed by atoms with Gasteiger partial charge >= 0.3 is 0 Å². The van der Waals surface area contributed by atoms with Crippen LogP contribution in [0.5, 0.6) is 5.75 Å². The molecule has 17 nitrogen and oxygen atoms in total. The van der Waals surface area contributed by atoms with Gasteiger partial charge in [-0.2, -0.15) is 4.98 Å². The third-order valence-electron chi connectivity index (χ3n) is 13.4. The van der Waals surface area contributed by atoms with Crippen molar-refractivity contribution >= 4 is 69.3 Å². The molecule has 65 heavy (non-hydrogen) atoms. The van der Waals surface area contributed by atoms with Crippen molar-refractivity contribution in [2.45, 2.75) is 102 Å². The van der Waals surface area contributed by atoms with Crippen molar-refractivity contribution in [1.82, 2.24) is 35.0 Å². The van der Waals surface area contributed by atoms with Crippen molar-refractivity contribution in [2.75, 3.05) is 61.5 Å². The van der Waals surface area contributed by atoms with Gasteiger partial charge in [0.2, 0.25) is 17.8 Å². The molecule has 4 aromatic rings. The lowest BCUT2D eigenvalue weighted by Gasteiger charge is -2.49. The molecular formula is C46H54ClFN10O7. The molecule has 0 unspecified atom stereocenters. The summed E-state index contributed by atoms with van der Waals surface area (Å²) in [6.07, 6.45) is 5.85. The summed E-state index contributed by atoms with van der Waals surface area (Å²) >= 11 is 6.60. The molecule has 0 bridgehead atoms. The average Bonchev–Trinajstić information content (AvgIpc) is 3.61. The number of pyridine rings is 1. The minimum Gasteiger partial charge on any atom is -0.478 e. The van der Waals surface area contributed by atoms with E-state index in [2.05, 4.69) is 42.6 Å². The number of rotatable bonds is 12. The summed E-state index contributed by atoms with van der Waals surface area (Å²) in [5.41, 5.74) is 2.16. The van der Waals surface area contributed by atoms with E-state index in [9.17, 15) is 24.0 Å². The smallest absolute Gasteiger partial charge is 0.293 e. The van der Waals surface area contributed by atoms with Gasteiger partial charge in [0.15, 0.2) is 24.0 Å². The van der Waals surface area contributed by atoms with Gasteiger partial charge in [-0.1, -0.05) is 11.6 Å². The molecule has 3 N–H and O–H groups in total. The molecule has 0 spiro atoms. The lowest BCUT2D eigenvalue weighted by atomic mass is 9.86. The number of halogens is 2. The van der Waals surface area contributed by atoms with E-state index in [-0.39, 0.29) is 84.9 Å². The molecule has 2 atom stereocenters. The summed E-state index contributed by atoms with van der Waals surface area (Å²) in [4.78, 5) is 79.9. The topological polar surface area (TPSA) is 184 Å². The van der Waals surface area contributed by atoms with Gasteiger partial charge in [-0.15, -0.1) is 0 Å². The second kappa shape index (κ2) is 18.2. The Bertz CT molecular complexity index is 2600. The number of carbonyl (C=O) groups is 4. The number of carbonyl (C=O) groups excluding carboxylic acids is 4. The van der Waals surface area contributed by atoms with E-state index < -0.39 is 17.8 Å². The van der Waals surface area contributed by atoms with Gasteiger partial charge in [-0.25, -0.2) is 9.37 Å². The molecule has 344 valence electrons. The number of aromatic nitrogens is 3. The van der Waals surface area contributed by atoms with Crippen LogP contribution >= 0.6 is 11.6 Å². The SMILES string of the molecule is CNC(=O)COc1cc2cc(Nc3nc(N4CCC(OC5CC(N6CCN(c7ccc8c(c7F)CN([C@H]7CCC(=O)NC7=O)C8=O)[C@H](C)C6)C5)CC4)ncc3Cl)ccc2n(C(C)C)c1=O. The highest BCUT2D eigenvalue weighted by atomic mass is 35.5. The third-order valence-corrected chi connectivity index (χ3v) is 13.7. The predicted molar refractivity (Wildman–Crippen MR) is 242 cm³/mol. The van der Waals surface area contributed by atoms with Crippen LogP contribution in [0, 0.1) is 5.82 Å². The molecule has 1 saturated carbocycles. The summed E-state index contributed by atoms with van der Waals surface area (Å²) in [6.45, 7) is 9.33. The summed E-state index contributed by atoms with van der Waals surface area (Å²) in [5, 5.41) is 9.22. The van der Waals surface area contributed by atoms with Crippen molar-refractivity contribution in [3.8, 4) is 5.75 Å². The Hall–Kier alpha value is -5.85. The number of anilines is 4. The number of nitrogens with one attached hydrogen (secondary N) is 3. The Morgan fingerprint density at radius 1 is 1.00 bits per heavy atom. The normalized spacial score (nSPS) is 22.9. The largest absolute Gasteiger partial charge is 0.478 e. The first kappa shape index (κ1) is 44.4. The highest BCUT2D eigenvalue weighted by molar-refractivity contribution is 6.33. The van der Waals surface area contributed by atoms with Crippen molar-refractivity contribution in [2.24, 2.45) is 0 Å². The number of hydrogen-bond acceptors (Lipinski definition) is 13. The third kappa shape index (κ3) is 8.82. The van der Waals surface area contributed by atoms with Crippen LogP contribution in [0.2, 0.25) is 5.02 Å². The quantitative estimate of drug-likeness (QED) is 0.169. The fourth-order valence-electron chi connectivity index (χ4n) is 9.86. The van der Waals surface area contributed by atoms with E-state index in [1.165, 1.54) is 11.9 Å². The van der Waals surface area contributed by atoms with Crippen LogP contribution < -0.4 is 36.0 Å². The standard InChI is InChI=1S/C46H54ClFN10O7/c1-25(2)58-35-7-5-28(17-27(35)18-38(45(58)63)64-24-40(60)49-4)51-42-34(47)21-50-46(53-42)54-13-11-30(12-14-54)65-31-19-29(20-31)55-15-16-56(26(3)22-55)36-8-6-32-33(41(36)48)23-57(44(32)62)37-9-10-39(59)52-43(37)61/h5-8,17-18,21,25-26,29-31,37H,9-16,19-20,22-24H2,1-4H3,(H,49,60)(H,50,51,53)(H,52,59,61)/t26-,29?,31?,37+/m1/s1. The van der Waals surface area contributed by atoms with E-state index in [1.807, 2.05) is 32.0 Å². The fraction of sp³-hybridized carbons (Fsp3) is 0.500. The first-order valence-electron chi connectivity index (χ1n) is 22.5. The maximum absolute atomic E-state index is 16.1. The van der Waals surface area contributed by atoms with Crippen molar-refractivity contribution in [3.05, 3.63) is 74.9 Å². The van der Waals surface area contributed by atoms with Gasteiger partial charge < -0.3 is 39.4 Å². The van der Waals surface area contributed by atoms with E-state index in [1.54, 1.807) is 29.0 Å².